The largest absolute Gasteiger partial charge is 0.378 e. The van der Waals surface area contributed by atoms with E-state index in [9.17, 15) is 8.42 Å². The van der Waals surface area contributed by atoms with Crippen molar-refractivity contribution in [3.63, 3.8) is 0 Å². The summed E-state index contributed by atoms with van der Waals surface area (Å²) in [4.78, 5) is 11.0. The van der Waals surface area contributed by atoms with Crippen molar-refractivity contribution in [3.8, 4) is 0 Å². The van der Waals surface area contributed by atoms with E-state index in [1.165, 1.54) is 7.05 Å². The van der Waals surface area contributed by atoms with Gasteiger partial charge in [-0.25, -0.2) is 18.1 Å². The van der Waals surface area contributed by atoms with Gasteiger partial charge in [-0.1, -0.05) is 24.3 Å². The maximum atomic E-state index is 11.6. The Morgan fingerprint density at radius 2 is 1.81 bits per heavy atom. The molecule has 2 N–H and O–H groups in total. The predicted octanol–water partition coefficient (Wildman–Crippen LogP) is 0.974. The molecule has 3 rings (SSSR count). The summed E-state index contributed by atoms with van der Waals surface area (Å²) in [6.07, 6.45) is 1.74. The maximum Gasteiger partial charge on any atom is 0.224 e. The van der Waals surface area contributed by atoms with E-state index in [0.717, 1.165) is 30.0 Å². The summed E-state index contributed by atoms with van der Waals surface area (Å²) in [5.74, 6) is 1.43. The topological polar surface area (TPSA) is 96.5 Å². The number of hydrogen-bond acceptors (Lipinski definition) is 7. The molecule has 1 aromatic carbocycles. The van der Waals surface area contributed by atoms with E-state index in [1.807, 2.05) is 30.3 Å². The second kappa shape index (κ2) is 8.43. The first kappa shape index (κ1) is 18.6. The normalized spacial score (nSPS) is 15.0. The molecular weight excluding hydrogens is 354 g/mol. The molecule has 0 bridgehead atoms. The molecule has 140 valence electrons. The number of hydrogen-bond donors (Lipinski definition) is 2. The molecule has 0 saturated carbocycles. The van der Waals surface area contributed by atoms with Crippen LogP contribution in [0.1, 0.15) is 11.1 Å². The predicted molar refractivity (Wildman–Crippen MR) is 101 cm³/mol. The molecule has 0 atom stereocenters. The van der Waals surface area contributed by atoms with Crippen molar-refractivity contribution in [2.75, 3.05) is 43.6 Å². The molecule has 26 heavy (non-hydrogen) atoms. The second-order valence-electron chi connectivity index (χ2n) is 5.97. The van der Waals surface area contributed by atoms with Gasteiger partial charge in [0.1, 0.15) is 5.82 Å². The van der Waals surface area contributed by atoms with Crippen molar-refractivity contribution in [1.29, 1.82) is 0 Å². The first-order valence-corrected chi connectivity index (χ1v) is 10.1. The number of nitrogens with one attached hydrogen (secondary N) is 2. The first-order chi connectivity index (χ1) is 12.6. The highest BCUT2D eigenvalue weighted by Crippen LogP contribution is 2.14. The van der Waals surface area contributed by atoms with Crippen LogP contribution in [0.15, 0.2) is 36.5 Å². The number of rotatable bonds is 7. The van der Waals surface area contributed by atoms with Crippen LogP contribution in [-0.2, 0) is 27.1 Å². The molecule has 9 heteroatoms. The molecule has 0 aliphatic carbocycles. The van der Waals surface area contributed by atoms with Crippen molar-refractivity contribution in [2.24, 2.45) is 0 Å². The Balaban J connectivity index is 1.58. The number of morpholine rings is 1. The van der Waals surface area contributed by atoms with Gasteiger partial charge in [0.2, 0.25) is 16.0 Å². The van der Waals surface area contributed by atoms with E-state index in [4.69, 9.17) is 4.74 Å². The third kappa shape index (κ3) is 5.13. The summed E-state index contributed by atoms with van der Waals surface area (Å²) in [6.45, 7) is 3.64. The zero-order valence-corrected chi connectivity index (χ0v) is 15.5. The summed E-state index contributed by atoms with van der Waals surface area (Å²) in [6, 6.07) is 9.33. The molecule has 1 aliphatic rings. The third-order valence-corrected chi connectivity index (χ3v) is 5.45. The number of sulfonamides is 1. The minimum absolute atomic E-state index is 0.0259. The zero-order valence-electron chi connectivity index (χ0n) is 14.7. The SMILES string of the molecule is CNS(=O)(=O)Cc1ccc(CNc2nccc(N3CCOCC3)n2)cc1. The molecule has 2 heterocycles. The van der Waals surface area contributed by atoms with Crippen molar-refractivity contribution in [1.82, 2.24) is 14.7 Å². The van der Waals surface area contributed by atoms with Gasteiger partial charge < -0.3 is 15.0 Å². The Bertz CT molecular complexity index is 821. The van der Waals surface area contributed by atoms with Gasteiger partial charge in [0, 0.05) is 25.8 Å². The van der Waals surface area contributed by atoms with Gasteiger partial charge in [0.25, 0.3) is 0 Å². The van der Waals surface area contributed by atoms with Crippen LogP contribution >= 0.6 is 0 Å². The molecule has 0 unspecified atom stereocenters. The number of aromatic nitrogens is 2. The van der Waals surface area contributed by atoms with E-state index in [0.29, 0.717) is 25.7 Å². The van der Waals surface area contributed by atoms with Crippen molar-refractivity contribution in [3.05, 3.63) is 47.7 Å². The fourth-order valence-electron chi connectivity index (χ4n) is 2.63. The van der Waals surface area contributed by atoms with E-state index < -0.39 is 10.0 Å². The Morgan fingerprint density at radius 1 is 1.12 bits per heavy atom. The van der Waals surface area contributed by atoms with Gasteiger partial charge in [-0.15, -0.1) is 0 Å². The minimum Gasteiger partial charge on any atom is -0.378 e. The number of anilines is 2. The Morgan fingerprint density at radius 3 is 2.50 bits per heavy atom. The summed E-state index contributed by atoms with van der Waals surface area (Å²) < 4.78 is 30.8. The Labute approximate surface area is 153 Å². The van der Waals surface area contributed by atoms with Gasteiger partial charge in [-0.3, -0.25) is 0 Å². The molecule has 0 spiro atoms. The van der Waals surface area contributed by atoms with Gasteiger partial charge in [0.05, 0.1) is 19.0 Å². The van der Waals surface area contributed by atoms with Crippen LogP contribution in [0.5, 0.6) is 0 Å². The number of ether oxygens (including phenoxy) is 1. The molecule has 1 fully saturated rings. The van der Waals surface area contributed by atoms with Crippen molar-refractivity contribution in [2.45, 2.75) is 12.3 Å². The number of benzene rings is 1. The average Bonchev–Trinajstić information content (AvgIpc) is 2.68. The van der Waals surface area contributed by atoms with Crippen LogP contribution in [0.4, 0.5) is 11.8 Å². The zero-order chi connectivity index (χ0) is 18.4. The Hall–Kier alpha value is -2.23. The summed E-state index contributed by atoms with van der Waals surface area (Å²) in [5, 5.41) is 3.21. The van der Waals surface area contributed by atoms with Crippen molar-refractivity contribution >= 4 is 21.8 Å². The van der Waals surface area contributed by atoms with Gasteiger partial charge >= 0.3 is 0 Å². The summed E-state index contributed by atoms with van der Waals surface area (Å²) >= 11 is 0. The van der Waals surface area contributed by atoms with Gasteiger partial charge in [-0.05, 0) is 24.2 Å². The smallest absolute Gasteiger partial charge is 0.224 e. The lowest BCUT2D eigenvalue weighted by molar-refractivity contribution is 0.122. The second-order valence-corrected chi connectivity index (χ2v) is 7.90. The van der Waals surface area contributed by atoms with Crippen LogP contribution in [0.3, 0.4) is 0 Å². The maximum absolute atomic E-state index is 11.6. The molecule has 2 aromatic rings. The van der Waals surface area contributed by atoms with Crippen molar-refractivity contribution < 1.29 is 13.2 Å². The van der Waals surface area contributed by atoms with E-state index in [2.05, 4.69) is 24.9 Å². The van der Waals surface area contributed by atoms with Crippen LogP contribution in [-0.4, -0.2) is 51.7 Å². The highest BCUT2D eigenvalue weighted by atomic mass is 32.2. The van der Waals surface area contributed by atoms with Gasteiger partial charge in [0.15, 0.2) is 0 Å². The lowest BCUT2D eigenvalue weighted by Crippen LogP contribution is -2.36. The highest BCUT2D eigenvalue weighted by Gasteiger charge is 2.13. The van der Waals surface area contributed by atoms with E-state index in [1.54, 1.807) is 6.20 Å². The van der Waals surface area contributed by atoms with Gasteiger partial charge in [-0.2, -0.15) is 4.98 Å². The fourth-order valence-corrected chi connectivity index (χ4v) is 3.40. The molecule has 1 aromatic heterocycles. The molecule has 1 aliphatic heterocycles. The average molecular weight is 377 g/mol. The van der Waals surface area contributed by atoms with E-state index in [-0.39, 0.29) is 5.75 Å². The van der Waals surface area contributed by atoms with Crippen LogP contribution < -0.4 is 14.9 Å². The standard InChI is InChI=1S/C17H23N5O3S/c1-18-26(23,24)13-15-4-2-14(3-5-15)12-20-17-19-7-6-16(21-17)22-8-10-25-11-9-22/h2-7,18H,8-13H2,1H3,(H,19,20,21). The van der Waals surface area contributed by atoms with Crippen LogP contribution in [0.25, 0.3) is 0 Å². The third-order valence-electron chi connectivity index (χ3n) is 4.12. The first-order valence-electron chi connectivity index (χ1n) is 8.44. The molecule has 0 radical (unpaired) electrons. The monoisotopic (exact) mass is 377 g/mol. The highest BCUT2D eigenvalue weighted by molar-refractivity contribution is 7.88. The minimum atomic E-state index is -3.26. The summed E-state index contributed by atoms with van der Waals surface area (Å²) in [5.41, 5.74) is 1.77. The lowest BCUT2D eigenvalue weighted by atomic mass is 10.1. The number of nitrogens with zero attached hydrogens (tertiary/aromatic N) is 3. The molecular formula is C17H23N5O3S. The molecule has 8 nitrogen and oxygen atoms in total. The fraction of sp³-hybridized carbons (Fsp3) is 0.412. The lowest BCUT2D eigenvalue weighted by Gasteiger charge is -2.27. The Kier molecular flexibility index (Phi) is 6.02. The molecule has 1 saturated heterocycles. The summed E-state index contributed by atoms with van der Waals surface area (Å²) in [7, 11) is -1.84. The quantitative estimate of drug-likeness (QED) is 0.742. The molecule has 0 amide bonds. The van der Waals surface area contributed by atoms with Crippen LogP contribution in [0, 0.1) is 0 Å². The van der Waals surface area contributed by atoms with Crippen LogP contribution in [0.2, 0.25) is 0 Å². The van der Waals surface area contributed by atoms with E-state index >= 15 is 0 Å².